The van der Waals surface area contributed by atoms with Gasteiger partial charge in [0.05, 0.1) is 5.41 Å². The summed E-state index contributed by atoms with van der Waals surface area (Å²) in [6, 6.07) is 0. The highest BCUT2D eigenvalue weighted by molar-refractivity contribution is 5.82. The maximum Gasteiger partial charge on any atom is 0.229 e. The lowest BCUT2D eigenvalue weighted by atomic mass is 9.49. The summed E-state index contributed by atoms with van der Waals surface area (Å²) in [6.45, 7) is 5.31. The minimum Gasteiger partial charge on any atom is -0.345 e. The van der Waals surface area contributed by atoms with Crippen LogP contribution in [0.5, 0.6) is 0 Å². The van der Waals surface area contributed by atoms with E-state index in [-0.39, 0.29) is 5.91 Å². The lowest BCUT2D eigenvalue weighted by molar-refractivity contribution is -0.143. The van der Waals surface area contributed by atoms with Gasteiger partial charge in [-0.1, -0.05) is 0 Å². The monoisotopic (exact) mass is 278 g/mol. The van der Waals surface area contributed by atoms with Crippen LogP contribution >= 0.6 is 0 Å². The van der Waals surface area contributed by atoms with E-state index in [9.17, 15) is 4.79 Å². The molecule has 4 saturated carbocycles. The van der Waals surface area contributed by atoms with Gasteiger partial charge in [0.15, 0.2) is 0 Å². The molecule has 3 heteroatoms. The van der Waals surface area contributed by atoms with Gasteiger partial charge in [0, 0.05) is 20.1 Å². The third-order valence-electron chi connectivity index (χ3n) is 6.17. The first-order valence-electron chi connectivity index (χ1n) is 8.29. The molecule has 0 aromatic rings. The smallest absolute Gasteiger partial charge is 0.229 e. The summed E-state index contributed by atoms with van der Waals surface area (Å²) < 4.78 is 0. The van der Waals surface area contributed by atoms with Gasteiger partial charge in [-0.3, -0.25) is 4.79 Å². The Hall–Kier alpha value is -0.570. The van der Waals surface area contributed by atoms with Crippen LogP contribution in [-0.2, 0) is 4.79 Å². The molecule has 0 radical (unpaired) electrons. The number of hydrogen-bond donors (Lipinski definition) is 1. The molecule has 0 aromatic heterocycles. The van der Waals surface area contributed by atoms with Crippen molar-refractivity contribution in [3.8, 4) is 0 Å². The van der Waals surface area contributed by atoms with E-state index in [2.05, 4.69) is 0 Å². The molecular weight excluding hydrogens is 248 g/mol. The number of nitrogens with two attached hydrogens (primary N) is 1. The first-order valence-corrected chi connectivity index (χ1v) is 8.29. The largest absolute Gasteiger partial charge is 0.345 e. The van der Waals surface area contributed by atoms with Gasteiger partial charge in [0.25, 0.3) is 0 Å². The van der Waals surface area contributed by atoms with Crippen LogP contribution in [0, 0.1) is 28.6 Å². The normalized spacial score (nSPS) is 39.1. The quantitative estimate of drug-likeness (QED) is 0.859. The van der Waals surface area contributed by atoms with Gasteiger partial charge >= 0.3 is 0 Å². The summed E-state index contributed by atoms with van der Waals surface area (Å²) in [4.78, 5) is 14.6. The zero-order valence-corrected chi connectivity index (χ0v) is 13.3. The highest BCUT2D eigenvalue weighted by atomic mass is 16.2. The molecule has 4 aliphatic rings. The summed E-state index contributed by atoms with van der Waals surface area (Å²) in [5.41, 5.74) is 5.77. The van der Waals surface area contributed by atoms with Crippen molar-refractivity contribution in [2.45, 2.75) is 52.4 Å². The van der Waals surface area contributed by atoms with Crippen LogP contribution in [0.3, 0.4) is 0 Å². The molecule has 0 atom stereocenters. The van der Waals surface area contributed by atoms with E-state index in [0.29, 0.717) is 12.0 Å². The van der Waals surface area contributed by atoms with E-state index >= 15 is 0 Å². The van der Waals surface area contributed by atoms with Crippen molar-refractivity contribution < 1.29 is 4.79 Å². The molecule has 0 saturated heterocycles. The zero-order chi connectivity index (χ0) is 14.5. The van der Waals surface area contributed by atoms with Crippen LogP contribution in [0.15, 0.2) is 0 Å². The average Bonchev–Trinajstić information content (AvgIpc) is 2.35. The number of hydrogen-bond acceptors (Lipinski definition) is 2. The van der Waals surface area contributed by atoms with Gasteiger partial charge in [0.1, 0.15) is 0 Å². The molecule has 1 amide bonds. The Morgan fingerprint density at radius 3 is 2.00 bits per heavy atom. The molecule has 4 bridgehead atoms. The van der Waals surface area contributed by atoms with Crippen molar-refractivity contribution in [1.82, 2.24) is 4.90 Å². The van der Waals surface area contributed by atoms with Crippen LogP contribution in [0.1, 0.15) is 52.4 Å². The Kier molecular flexibility index (Phi) is 3.39. The molecule has 3 nitrogen and oxygen atoms in total. The first kappa shape index (κ1) is 14.4. The second-order valence-corrected chi connectivity index (χ2v) is 8.67. The van der Waals surface area contributed by atoms with Crippen LogP contribution < -0.4 is 5.73 Å². The minimum atomic E-state index is -0.420. The molecule has 4 aliphatic carbocycles. The number of carbonyl (C=O) groups is 1. The lowest BCUT2D eigenvalue weighted by Gasteiger charge is -2.57. The average molecular weight is 278 g/mol. The van der Waals surface area contributed by atoms with E-state index < -0.39 is 5.41 Å². The van der Waals surface area contributed by atoms with E-state index in [1.807, 2.05) is 25.8 Å². The zero-order valence-electron chi connectivity index (χ0n) is 13.3. The molecule has 20 heavy (non-hydrogen) atoms. The van der Waals surface area contributed by atoms with E-state index in [1.54, 1.807) is 0 Å². The second-order valence-electron chi connectivity index (χ2n) is 8.67. The maximum absolute atomic E-state index is 12.6. The Morgan fingerprint density at radius 1 is 1.15 bits per heavy atom. The number of carbonyl (C=O) groups excluding carboxylic acids is 1. The van der Waals surface area contributed by atoms with Crippen LogP contribution in [0.2, 0.25) is 0 Å². The van der Waals surface area contributed by atoms with Gasteiger partial charge in [-0.15, -0.1) is 0 Å². The first-order chi connectivity index (χ1) is 9.33. The third-order valence-corrected chi connectivity index (χ3v) is 6.17. The van der Waals surface area contributed by atoms with Gasteiger partial charge < -0.3 is 10.6 Å². The summed E-state index contributed by atoms with van der Waals surface area (Å²) >= 11 is 0. The molecule has 0 aliphatic heterocycles. The Bertz CT molecular complexity index is 367. The van der Waals surface area contributed by atoms with Gasteiger partial charge in [-0.25, -0.2) is 0 Å². The molecule has 0 aromatic carbocycles. The van der Waals surface area contributed by atoms with Crippen LogP contribution in [0.25, 0.3) is 0 Å². The Balaban J connectivity index is 1.70. The van der Waals surface area contributed by atoms with Crippen molar-refractivity contribution in [1.29, 1.82) is 0 Å². The number of nitrogens with zero attached hydrogens (tertiary/aromatic N) is 1. The van der Waals surface area contributed by atoms with Crippen molar-refractivity contribution in [3.05, 3.63) is 0 Å². The topological polar surface area (TPSA) is 46.3 Å². The maximum atomic E-state index is 12.6. The van der Waals surface area contributed by atoms with Crippen LogP contribution in [0.4, 0.5) is 0 Å². The predicted octanol–water partition coefficient (Wildman–Crippen LogP) is 2.65. The summed E-state index contributed by atoms with van der Waals surface area (Å²) in [5, 5.41) is 0. The van der Waals surface area contributed by atoms with Gasteiger partial charge in [0.2, 0.25) is 5.91 Å². The van der Waals surface area contributed by atoms with Crippen molar-refractivity contribution in [2.24, 2.45) is 34.3 Å². The fourth-order valence-electron chi connectivity index (χ4n) is 5.66. The Morgan fingerprint density at radius 2 is 1.60 bits per heavy atom. The fourth-order valence-corrected chi connectivity index (χ4v) is 5.66. The predicted molar refractivity (Wildman–Crippen MR) is 81.1 cm³/mol. The van der Waals surface area contributed by atoms with Gasteiger partial charge in [-0.2, -0.15) is 0 Å². The Labute approximate surface area is 123 Å². The molecule has 114 valence electrons. The molecule has 0 spiro atoms. The lowest BCUT2D eigenvalue weighted by Crippen LogP contribution is -2.53. The fraction of sp³-hybridized carbons (Fsp3) is 0.941. The third kappa shape index (κ3) is 2.38. The molecule has 0 heterocycles. The summed E-state index contributed by atoms with van der Waals surface area (Å²) in [5.74, 6) is 3.07. The second kappa shape index (κ2) is 4.72. The van der Waals surface area contributed by atoms with Crippen molar-refractivity contribution in [3.63, 3.8) is 0 Å². The minimum absolute atomic E-state index is 0.218. The van der Waals surface area contributed by atoms with Crippen molar-refractivity contribution in [2.75, 3.05) is 20.1 Å². The van der Waals surface area contributed by atoms with E-state index in [0.717, 1.165) is 24.3 Å². The number of rotatable bonds is 4. The van der Waals surface area contributed by atoms with Gasteiger partial charge in [-0.05, 0) is 75.5 Å². The molecule has 0 unspecified atom stereocenters. The highest BCUT2D eigenvalue weighted by Gasteiger charge is 2.51. The standard InChI is InChI=1S/C17H30N2O/c1-16(2,10-18)15(20)19(3)11-17-7-12-4-13(8-17)6-14(5-12)9-17/h12-14H,4-11,18H2,1-3H3. The molecule has 4 rings (SSSR count). The SMILES string of the molecule is CN(CC12CC3CC(CC(C3)C1)C2)C(=O)C(C)(C)CN. The molecular formula is C17H30N2O. The van der Waals surface area contributed by atoms with E-state index in [4.69, 9.17) is 5.73 Å². The summed E-state index contributed by atoms with van der Waals surface area (Å²) in [7, 11) is 1.98. The van der Waals surface area contributed by atoms with Crippen molar-refractivity contribution >= 4 is 5.91 Å². The molecule has 2 N–H and O–H groups in total. The highest BCUT2D eigenvalue weighted by Crippen LogP contribution is 2.60. The summed E-state index contributed by atoms with van der Waals surface area (Å²) in [6.07, 6.45) is 8.47. The van der Waals surface area contributed by atoms with E-state index in [1.165, 1.54) is 38.5 Å². The molecule has 4 fully saturated rings. The number of amides is 1. The van der Waals surface area contributed by atoms with Crippen LogP contribution in [-0.4, -0.2) is 30.9 Å².